The van der Waals surface area contributed by atoms with Gasteiger partial charge in [0.2, 0.25) is 5.91 Å². The molecule has 152 valence electrons. The van der Waals surface area contributed by atoms with Crippen molar-refractivity contribution in [3.05, 3.63) is 33.9 Å². The number of hydrogen-bond donors (Lipinski definition) is 2. The van der Waals surface area contributed by atoms with E-state index in [0.29, 0.717) is 18.8 Å². The highest BCUT2D eigenvalue weighted by atomic mass is 16.6. The molecule has 2 aliphatic rings. The molecular formula is C20H28N4O4. The van der Waals surface area contributed by atoms with Crippen LogP contribution >= 0.6 is 0 Å². The number of nitro benzene ring substituents is 1. The second-order valence-corrected chi connectivity index (χ2v) is 7.64. The van der Waals surface area contributed by atoms with Gasteiger partial charge in [0.15, 0.2) is 0 Å². The van der Waals surface area contributed by atoms with E-state index in [1.165, 1.54) is 19.5 Å². The predicted molar refractivity (Wildman–Crippen MR) is 106 cm³/mol. The van der Waals surface area contributed by atoms with Crippen molar-refractivity contribution in [1.29, 1.82) is 0 Å². The van der Waals surface area contributed by atoms with Gasteiger partial charge in [-0.3, -0.25) is 19.7 Å². The molecule has 0 atom stereocenters. The van der Waals surface area contributed by atoms with Crippen LogP contribution in [0.15, 0.2) is 18.2 Å². The SMILES string of the molecule is CNC(=O)c1ccc(N2CCC(NC(=O)C3CCCCC3)CC2)c([N+](=O)[O-])c1. The largest absolute Gasteiger partial charge is 0.366 e. The number of piperidine rings is 1. The highest BCUT2D eigenvalue weighted by molar-refractivity contribution is 5.95. The van der Waals surface area contributed by atoms with Crippen LogP contribution in [0.2, 0.25) is 0 Å². The first kappa shape index (κ1) is 20.1. The molecule has 0 spiro atoms. The molecule has 0 bridgehead atoms. The lowest BCUT2D eigenvalue weighted by molar-refractivity contribution is -0.384. The molecule has 8 nitrogen and oxygen atoms in total. The summed E-state index contributed by atoms with van der Waals surface area (Å²) in [5.41, 5.74) is 0.730. The number of nitrogens with zero attached hydrogens (tertiary/aromatic N) is 2. The summed E-state index contributed by atoms with van der Waals surface area (Å²) >= 11 is 0. The average Bonchev–Trinajstić information content (AvgIpc) is 2.74. The van der Waals surface area contributed by atoms with Gasteiger partial charge in [0, 0.05) is 43.7 Å². The maximum atomic E-state index is 12.4. The van der Waals surface area contributed by atoms with Gasteiger partial charge in [-0.15, -0.1) is 0 Å². The van der Waals surface area contributed by atoms with Crippen LogP contribution < -0.4 is 15.5 Å². The summed E-state index contributed by atoms with van der Waals surface area (Å²) in [7, 11) is 1.49. The molecule has 1 aliphatic carbocycles. The molecule has 1 heterocycles. The molecule has 2 N–H and O–H groups in total. The van der Waals surface area contributed by atoms with Crippen molar-refractivity contribution < 1.29 is 14.5 Å². The number of hydrogen-bond acceptors (Lipinski definition) is 5. The number of carbonyl (C=O) groups excluding carboxylic acids is 2. The zero-order valence-corrected chi connectivity index (χ0v) is 16.3. The summed E-state index contributed by atoms with van der Waals surface area (Å²) in [5, 5.41) is 17.2. The fourth-order valence-corrected chi connectivity index (χ4v) is 4.17. The van der Waals surface area contributed by atoms with Crippen molar-refractivity contribution in [2.45, 2.75) is 51.0 Å². The third-order valence-electron chi connectivity index (χ3n) is 5.82. The molecule has 28 heavy (non-hydrogen) atoms. The zero-order valence-electron chi connectivity index (χ0n) is 16.3. The van der Waals surface area contributed by atoms with E-state index in [1.54, 1.807) is 12.1 Å². The van der Waals surface area contributed by atoms with Gasteiger partial charge in [-0.1, -0.05) is 19.3 Å². The van der Waals surface area contributed by atoms with Gasteiger partial charge < -0.3 is 15.5 Å². The van der Waals surface area contributed by atoms with Crippen LogP contribution in [0.5, 0.6) is 0 Å². The van der Waals surface area contributed by atoms with Gasteiger partial charge in [0.1, 0.15) is 5.69 Å². The Balaban J connectivity index is 1.62. The molecule has 2 fully saturated rings. The first-order valence-electron chi connectivity index (χ1n) is 10.1. The van der Waals surface area contributed by atoms with Gasteiger partial charge in [0.25, 0.3) is 11.6 Å². The number of nitrogens with one attached hydrogen (secondary N) is 2. The van der Waals surface area contributed by atoms with E-state index in [1.807, 2.05) is 4.90 Å². The summed E-state index contributed by atoms with van der Waals surface area (Å²) < 4.78 is 0. The third kappa shape index (κ3) is 4.61. The Kier molecular flexibility index (Phi) is 6.49. The molecule has 1 saturated heterocycles. The van der Waals surface area contributed by atoms with Crippen LogP contribution in [0, 0.1) is 16.0 Å². The molecule has 1 aromatic rings. The van der Waals surface area contributed by atoms with Crippen molar-refractivity contribution >= 4 is 23.2 Å². The van der Waals surface area contributed by atoms with Crippen LogP contribution in [-0.2, 0) is 4.79 Å². The van der Waals surface area contributed by atoms with Gasteiger partial charge in [-0.25, -0.2) is 0 Å². The molecular weight excluding hydrogens is 360 g/mol. The molecule has 3 rings (SSSR count). The van der Waals surface area contributed by atoms with Crippen molar-refractivity contribution in [2.75, 3.05) is 25.0 Å². The van der Waals surface area contributed by atoms with E-state index >= 15 is 0 Å². The lowest BCUT2D eigenvalue weighted by Gasteiger charge is -2.34. The van der Waals surface area contributed by atoms with Crippen LogP contribution in [0.1, 0.15) is 55.3 Å². The Labute approximate surface area is 164 Å². The number of amides is 2. The van der Waals surface area contributed by atoms with E-state index in [-0.39, 0.29) is 35.0 Å². The summed E-state index contributed by atoms with van der Waals surface area (Å²) in [4.78, 5) is 37.2. The Morgan fingerprint density at radius 2 is 1.79 bits per heavy atom. The minimum atomic E-state index is -0.446. The third-order valence-corrected chi connectivity index (χ3v) is 5.82. The smallest absolute Gasteiger partial charge is 0.293 e. The van der Waals surface area contributed by atoms with Gasteiger partial charge >= 0.3 is 0 Å². The highest BCUT2D eigenvalue weighted by Crippen LogP contribution is 2.31. The highest BCUT2D eigenvalue weighted by Gasteiger charge is 2.28. The maximum absolute atomic E-state index is 12.4. The molecule has 1 aromatic carbocycles. The molecule has 1 saturated carbocycles. The number of benzene rings is 1. The second-order valence-electron chi connectivity index (χ2n) is 7.64. The van der Waals surface area contributed by atoms with E-state index in [2.05, 4.69) is 10.6 Å². The quantitative estimate of drug-likeness (QED) is 0.596. The first-order valence-corrected chi connectivity index (χ1v) is 10.1. The molecule has 8 heteroatoms. The van der Waals surface area contributed by atoms with E-state index < -0.39 is 4.92 Å². The van der Waals surface area contributed by atoms with Crippen LogP contribution in [0.3, 0.4) is 0 Å². The molecule has 1 aliphatic heterocycles. The fraction of sp³-hybridized carbons (Fsp3) is 0.600. The minimum absolute atomic E-state index is 0.0641. The van der Waals surface area contributed by atoms with Crippen molar-refractivity contribution in [3.8, 4) is 0 Å². The summed E-state index contributed by atoms with van der Waals surface area (Å²) in [6.07, 6.45) is 6.96. The zero-order chi connectivity index (χ0) is 20.1. The van der Waals surface area contributed by atoms with Crippen molar-refractivity contribution in [2.24, 2.45) is 5.92 Å². The minimum Gasteiger partial charge on any atom is -0.366 e. The van der Waals surface area contributed by atoms with Gasteiger partial charge in [-0.05, 0) is 37.8 Å². The van der Waals surface area contributed by atoms with Crippen LogP contribution in [-0.4, -0.2) is 42.9 Å². The van der Waals surface area contributed by atoms with E-state index in [4.69, 9.17) is 0 Å². The normalized spacial score (nSPS) is 18.5. The molecule has 0 radical (unpaired) electrons. The predicted octanol–water partition coefficient (Wildman–Crippen LogP) is 2.62. The standard InChI is InChI=1S/C20H28N4O4/c1-21-19(25)15-7-8-17(18(13-15)24(27)28)23-11-9-16(10-12-23)22-20(26)14-5-3-2-4-6-14/h7-8,13-14,16H,2-6,9-12H2,1H3,(H,21,25)(H,22,26). The van der Waals surface area contributed by atoms with Crippen LogP contribution in [0.4, 0.5) is 11.4 Å². The fourth-order valence-electron chi connectivity index (χ4n) is 4.17. The summed E-state index contributed by atoms with van der Waals surface area (Å²) in [5.74, 6) is -0.0389. The van der Waals surface area contributed by atoms with Gasteiger partial charge in [0.05, 0.1) is 4.92 Å². The summed E-state index contributed by atoms with van der Waals surface area (Å²) in [6.45, 7) is 1.27. The first-order chi connectivity index (χ1) is 13.5. The summed E-state index contributed by atoms with van der Waals surface area (Å²) in [6, 6.07) is 4.70. The number of nitro groups is 1. The van der Waals surface area contributed by atoms with Crippen LogP contribution in [0.25, 0.3) is 0 Å². The number of carbonyl (C=O) groups is 2. The topological polar surface area (TPSA) is 105 Å². The lowest BCUT2D eigenvalue weighted by atomic mass is 9.88. The Hall–Kier alpha value is -2.64. The van der Waals surface area contributed by atoms with E-state index in [0.717, 1.165) is 38.5 Å². The Morgan fingerprint density at radius 3 is 2.39 bits per heavy atom. The van der Waals surface area contributed by atoms with Gasteiger partial charge in [-0.2, -0.15) is 0 Å². The van der Waals surface area contributed by atoms with E-state index in [9.17, 15) is 19.7 Å². The Bertz CT molecular complexity index is 738. The maximum Gasteiger partial charge on any atom is 0.293 e. The monoisotopic (exact) mass is 388 g/mol. The Morgan fingerprint density at radius 1 is 1.11 bits per heavy atom. The van der Waals surface area contributed by atoms with Crippen molar-refractivity contribution in [1.82, 2.24) is 10.6 Å². The van der Waals surface area contributed by atoms with Crippen molar-refractivity contribution in [3.63, 3.8) is 0 Å². The molecule has 2 amide bonds. The lowest BCUT2D eigenvalue weighted by Crippen LogP contribution is -2.46. The number of anilines is 1. The molecule has 0 aromatic heterocycles. The number of rotatable bonds is 5. The molecule has 0 unspecified atom stereocenters. The second kappa shape index (κ2) is 9.03. The average molecular weight is 388 g/mol.